The van der Waals surface area contributed by atoms with Gasteiger partial charge < -0.3 is 24.5 Å². The molecule has 0 aromatic carbocycles. The third kappa shape index (κ3) is 4.07. The van der Waals surface area contributed by atoms with Gasteiger partial charge in [-0.3, -0.25) is 0 Å². The third-order valence-corrected chi connectivity index (χ3v) is 4.21. The number of ether oxygens (including phenoxy) is 1. The van der Waals surface area contributed by atoms with Crippen molar-refractivity contribution in [3.63, 3.8) is 0 Å². The molecule has 21 heavy (non-hydrogen) atoms. The molecule has 0 radical (unpaired) electrons. The monoisotopic (exact) mass is 299 g/mol. The Balaban J connectivity index is 1.73. The van der Waals surface area contributed by atoms with Crippen LogP contribution in [0, 0.1) is 5.92 Å². The Hall–Kier alpha value is -1.34. The van der Waals surface area contributed by atoms with Crippen LogP contribution >= 0.6 is 0 Å². The van der Waals surface area contributed by atoms with E-state index in [1.807, 2.05) is 14.0 Å². The molecule has 1 unspecified atom stereocenters. The van der Waals surface area contributed by atoms with Crippen molar-refractivity contribution in [2.45, 2.75) is 18.9 Å². The number of carboxylic acids is 1. The zero-order chi connectivity index (χ0) is 15.6. The molecule has 2 fully saturated rings. The second-order valence-electron chi connectivity index (χ2n) is 6.57. The first-order chi connectivity index (χ1) is 9.79. The Morgan fingerprint density at radius 2 is 2.10 bits per heavy atom. The van der Waals surface area contributed by atoms with Gasteiger partial charge in [0, 0.05) is 20.1 Å². The summed E-state index contributed by atoms with van der Waals surface area (Å²) in [6.07, 6.45) is 1.13. The molecule has 7 nitrogen and oxygen atoms in total. The number of hydrogen-bond donors (Lipinski definition) is 1. The molecule has 0 aromatic heterocycles. The van der Waals surface area contributed by atoms with Crippen LogP contribution in [0.1, 0.15) is 13.3 Å². The van der Waals surface area contributed by atoms with Gasteiger partial charge in [0.2, 0.25) is 0 Å². The summed E-state index contributed by atoms with van der Waals surface area (Å²) in [6.45, 7) is 5.33. The maximum Gasteiger partial charge on any atom is 0.329 e. The summed E-state index contributed by atoms with van der Waals surface area (Å²) in [7, 11) is 3.93. The fourth-order valence-electron chi connectivity index (χ4n) is 3.11. The molecule has 7 heteroatoms. The zero-order valence-electron chi connectivity index (χ0n) is 13.0. The van der Waals surface area contributed by atoms with Gasteiger partial charge in [-0.25, -0.2) is 9.59 Å². The molecule has 2 heterocycles. The van der Waals surface area contributed by atoms with Crippen molar-refractivity contribution >= 4 is 12.0 Å². The van der Waals surface area contributed by atoms with Crippen LogP contribution in [0.4, 0.5) is 4.79 Å². The summed E-state index contributed by atoms with van der Waals surface area (Å²) in [5, 5.41) is 8.62. The minimum atomic E-state index is -0.983. The Morgan fingerprint density at radius 1 is 1.43 bits per heavy atom. The molecule has 2 rings (SSSR count). The molecule has 0 aromatic rings. The number of carbonyl (C=O) groups is 2. The lowest BCUT2D eigenvalue weighted by molar-refractivity contribution is -0.160. The molecule has 0 spiro atoms. The predicted octanol–water partition coefficient (Wildman–Crippen LogP) is 0.165. The Kier molecular flexibility index (Phi) is 4.73. The van der Waals surface area contributed by atoms with Crippen molar-refractivity contribution in [2.75, 3.05) is 53.4 Å². The first-order valence-corrected chi connectivity index (χ1v) is 7.33. The maximum absolute atomic E-state index is 12.3. The third-order valence-electron chi connectivity index (χ3n) is 4.21. The van der Waals surface area contributed by atoms with Crippen LogP contribution in [0.15, 0.2) is 0 Å². The highest BCUT2D eigenvalue weighted by Gasteiger charge is 2.43. The van der Waals surface area contributed by atoms with Crippen molar-refractivity contribution < 1.29 is 19.4 Å². The average molecular weight is 299 g/mol. The topological polar surface area (TPSA) is 73.3 Å². The first-order valence-electron chi connectivity index (χ1n) is 7.33. The molecule has 0 saturated carbocycles. The molecule has 120 valence electrons. The second kappa shape index (κ2) is 6.19. The molecule has 2 saturated heterocycles. The van der Waals surface area contributed by atoms with E-state index in [0.717, 1.165) is 26.1 Å². The minimum Gasteiger partial charge on any atom is -0.480 e. The highest BCUT2D eigenvalue weighted by Crippen LogP contribution is 2.26. The minimum absolute atomic E-state index is 0.000882. The van der Waals surface area contributed by atoms with Gasteiger partial charge in [-0.15, -0.1) is 0 Å². The lowest BCUT2D eigenvalue weighted by Crippen LogP contribution is -2.65. The van der Waals surface area contributed by atoms with Crippen molar-refractivity contribution in [1.82, 2.24) is 14.7 Å². The smallest absolute Gasteiger partial charge is 0.329 e. The van der Waals surface area contributed by atoms with Crippen LogP contribution in [0.25, 0.3) is 0 Å². The number of aliphatic carboxylic acids is 1. The number of hydrogen-bond acceptors (Lipinski definition) is 4. The Labute approximate surface area is 125 Å². The molecule has 0 bridgehead atoms. The number of rotatable bonds is 5. The molecular formula is C14H25N3O4. The number of urea groups is 1. The summed E-state index contributed by atoms with van der Waals surface area (Å²) < 4.78 is 5.32. The van der Waals surface area contributed by atoms with E-state index in [2.05, 4.69) is 11.9 Å². The Morgan fingerprint density at radius 3 is 2.62 bits per heavy atom. The summed E-state index contributed by atoms with van der Waals surface area (Å²) in [4.78, 5) is 28.6. The first kappa shape index (κ1) is 16.0. The number of nitrogens with zero attached hydrogens (tertiary/aromatic N) is 3. The molecule has 0 aliphatic carbocycles. The maximum atomic E-state index is 12.3. The Bertz CT molecular complexity index is 409. The lowest BCUT2D eigenvalue weighted by atomic mass is 9.97. The van der Waals surface area contributed by atoms with Gasteiger partial charge in [0.1, 0.15) is 12.2 Å². The fourth-order valence-corrected chi connectivity index (χ4v) is 3.11. The van der Waals surface area contributed by atoms with Gasteiger partial charge >= 0.3 is 12.0 Å². The van der Waals surface area contributed by atoms with Crippen LogP contribution in [-0.4, -0.2) is 90.8 Å². The fraction of sp³-hybridized carbons (Fsp3) is 0.857. The standard InChI is InChI=1S/C14H25N3O4/c1-14(21-8-12(18)19)9-17(10-14)13(20)16(3)7-11-4-5-15(2)6-11/h11H,4-10H2,1-3H3,(H,18,19). The number of likely N-dealkylation sites (tertiary alicyclic amines) is 2. The van der Waals surface area contributed by atoms with E-state index in [-0.39, 0.29) is 12.6 Å². The quantitative estimate of drug-likeness (QED) is 0.783. The summed E-state index contributed by atoms with van der Waals surface area (Å²) in [5.41, 5.74) is -0.525. The molecule has 2 amide bonds. The normalized spacial score (nSPS) is 24.7. The second-order valence-corrected chi connectivity index (χ2v) is 6.57. The lowest BCUT2D eigenvalue weighted by Gasteiger charge is -2.48. The van der Waals surface area contributed by atoms with E-state index in [0.29, 0.717) is 19.0 Å². The van der Waals surface area contributed by atoms with Gasteiger partial charge in [0.25, 0.3) is 0 Å². The summed E-state index contributed by atoms with van der Waals surface area (Å²) >= 11 is 0. The molecular weight excluding hydrogens is 274 g/mol. The van der Waals surface area contributed by atoms with Crippen LogP contribution in [0.3, 0.4) is 0 Å². The van der Waals surface area contributed by atoms with Gasteiger partial charge in [-0.2, -0.15) is 0 Å². The van der Waals surface area contributed by atoms with Crippen molar-refractivity contribution in [2.24, 2.45) is 5.92 Å². The van der Waals surface area contributed by atoms with Crippen LogP contribution in [0.2, 0.25) is 0 Å². The van der Waals surface area contributed by atoms with E-state index in [1.54, 1.807) is 9.80 Å². The van der Waals surface area contributed by atoms with E-state index >= 15 is 0 Å². The zero-order valence-corrected chi connectivity index (χ0v) is 13.0. The van der Waals surface area contributed by atoms with Crippen molar-refractivity contribution in [3.05, 3.63) is 0 Å². The highest BCUT2D eigenvalue weighted by atomic mass is 16.5. The number of amides is 2. The van der Waals surface area contributed by atoms with Crippen molar-refractivity contribution in [1.29, 1.82) is 0 Å². The number of carbonyl (C=O) groups excluding carboxylic acids is 1. The van der Waals surface area contributed by atoms with Gasteiger partial charge in [0.15, 0.2) is 0 Å². The van der Waals surface area contributed by atoms with E-state index in [4.69, 9.17) is 9.84 Å². The van der Waals surface area contributed by atoms with Gasteiger partial charge in [-0.1, -0.05) is 0 Å². The summed E-state index contributed by atoms with van der Waals surface area (Å²) in [5.74, 6) is -0.441. The van der Waals surface area contributed by atoms with E-state index in [1.165, 1.54) is 0 Å². The van der Waals surface area contributed by atoms with Crippen LogP contribution in [-0.2, 0) is 9.53 Å². The largest absolute Gasteiger partial charge is 0.480 e. The SMILES string of the molecule is CN1CCC(CN(C)C(=O)N2CC(C)(OCC(=O)O)C2)C1. The van der Waals surface area contributed by atoms with E-state index in [9.17, 15) is 9.59 Å². The molecule has 1 atom stereocenters. The predicted molar refractivity (Wildman–Crippen MR) is 77.2 cm³/mol. The molecule has 2 aliphatic rings. The van der Waals surface area contributed by atoms with Gasteiger partial charge in [0.05, 0.1) is 13.1 Å². The van der Waals surface area contributed by atoms with Crippen LogP contribution < -0.4 is 0 Å². The van der Waals surface area contributed by atoms with E-state index < -0.39 is 11.6 Å². The molecule has 2 aliphatic heterocycles. The van der Waals surface area contributed by atoms with Crippen LogP contribution in [0.5, 0.6) is 0 Å². The average Bonchev–Trinajstić information content (AvgIpc) is 2.77. The van der Waals surface area contributed by atoms with Crippen molar-refractivity contribution in [3.8, 4) is 0 Å². The van der Waals surface area contributed by atoms with Gasteiger partial charge in [-0.05, 0) is 32.9 Å². The molecule has 1 N–H and O–H groups in total. The number of carboxylic acid groups (broad SMARTS) is 1. The highest BCUT2D eigenvalue weighted by molar-refractivity contribution is 5.75. The summed E-state index contributed by atoms with van der Waals surface area (Å²) in [6, 6.07) is 0.000882.